The Labute approximate surface area is 183 Å². The van der Waals surface area contributed by atoms with Crippen molar-refractivity contribution in [2.75, 3.05) is 29.5 Å². The van der Waals surface area contributed by atoms with Crippen LogP contribution >= 0.6 is 0 Å². The smallest absolute Gasteiger partial charge is 0.253 e. The van der Waals surface area contributed by atoms with Crippen molar-refractivity contribution in [1.29, 1.82) is 0 Å². The number of benzene rings is 2. The number of ether oxygens (including phenoxy) is 1. The van der Waals surface area contributed by atoms with Gasteiger partial charge < -0.3 is 15.4 Å². The van der Waals surface area contributed by atoms with Gasteiger partial charge in [0.1, 0.15) is 12.3 Å². The molecule has 0 spiro atoms. The highest BCUT2D eigenvalue weighted by molar-refractivity contribution is 7.92. The van der Waals surface area contributed by atoms with Crippen LogP contribution in [0.2, 0.25) is 0 Å². The Morgan fingerprint density at radius 2 is 1.74 bits per heavy atom. The lowest BCUT2D eigenvalue weighted by Gasteiger charge is -2.25. The summed E-state index contributed by atoms with van der Waals surface area (Å²) in [7, 11) is -2.36. The number of hydrogen-bond acceptors (Lipinski definition) is 5. The zero-order chi connectivity index (χ0) is 23.4. The Kier molecular flexibility index (Phi) is 7.32. The topological polar surface area (TPSA) is 105 Å². The number of aryl methyl sites for hydroxylation is 1. The van der Waals surface area contributed by atoms with Gasteiger partial charge in [-0.1, -0.05) is 18.2 Å². The minimum Gasteiger partial charge on any atom is -0.495 e. The highest BCUT2D eigenvalue weighted by atomic mass is 32.2. The summed E-state index contributed by atoms with van der Waals surface area (Å²) in [6.07, 6.45) is 1.02. The van der Waals surface area contributed by atoms with E-state index in [0.717, 1.165) is 16.1 Å². The van der Waals surface area contributed by atoms with Gasteiger partial charge in [-0.2, -0.15) is 0 Å². The standard InChI is InChI=1S/C22H29N3O5S/c1-15-11-12-19(30-5)18(13-15)25(31(6,28)29)14-20(26)23-17-10-8-7-9-16(17)21(27)24-22(2,3)4/h7-13H,14H2,1-6H3,(H,23,26)(H,24,27). The van der Waals surface area contributed by atoms with Crippen molar-refractivity contribution >= 4 is 33.2 Å². The molecule has 2 N–H and O–H groups in total. The molecule has 0 atom stereocenters. The first kappa shape index (κ1) is 24.2. The van der Waals surface area contributed by atoms with Crippen molar-refractivity contribution in [3.63, 3.8) is 0 Å². The number of para-hydroxylation sites is 1. The maximum absolute atomic E-state index is 12.8. The summed E-state index contributed by atoms with van der Waals surface area (Å²) >= 11 is 0. The second kappa shape index (κ2) is 9.38. The predicted molar refractivity (Wildman–Crippen MR) is 122 cm³/mol. The van der Waals surface area contributed by atoms with Crippen molar-refractivity contribution in [3.8, 4) is 5.75 Å². The van der Waals surface area contributed by atoms with Crippen LogP contribution in [-0.2, 0) is 14.8 Å². The molecule has 0 heterocycles. The summed E-state index contributed by atoms with van der Waals surface area (Å²) in [6.45, 7) is 6.89. The van der Waals surface area contributed by atoms with E-state index in [1.807, 2.05) is 27.7 Å². The van der Waals surface area contributed by atoms with E-state index in [0.29, 0.717) is 11.4 Å². The van der Waals surface area contributed by atoms with Gasteiger partial charge in [0.2, 0.25) is 15.9 Å². The van der Waals surface area contributed by atoms with E-state index in [4.69, 9.17) is 4.74 Å². The minimum atomic E-state index is -3.79. The summed E-state index contributed by atoms with van der Waals surface area (Å²) in [6, 6.07) is 11.6. The third kappa shape index (κ3) is 6.71. The predicted octanol–water partition coefficient (Wildman–Crippen LogP) is 2.94. The van der Waals surface area contributed by atoms with Crippen molar-refractivity contribution in [3.05, 3.63) is 53.6 Å². The van der Waals surface area contributed by atoms with Gasteiger partial charge in [-0.3, -0.25) is 13.9 Å². The summed E-state index contributed by atoms with van der Waals surface area (Å²) in [5, 5.41) is 5.50. The molecule has 0 aliphatic rings. The number of nitrogens with zero attached hydrogens (tertiary/aromatic N) is 1. The molecule has 2 aromatic carbocycles. The van der Waals surface area contributed by atoms with Crippen LogP contribution in [0.5, 0.6) is 5.75 Å². The molecule has 0 saturated heterocycles. The fourth-order valence-corrected chi connectivity index (χ4v) is 3.75. The molecule has 31 heavy (non-hydrogen) atoms. The number of sulfonamides is 1. The Morgan fingerprint density at radius 1 is 1.10 bits per heavy atom. The summed E-state index contributed by atoms with van der Waals surface area (Å²) in [5.74, 6) is -0.609. The van der Waals surface area contributed by atoms with Crippen LogP contribution in [0.1, 0.15) is 36.7 Å². The summed E-state index contributed by atoms with van der Waals surface area (Å²) < 4.78 is 31.2. The zero-order valence-electron chi connectivity index (χ0n) is 18.6. The van der Waals surface area contributed by atoms with Gasteiger partial charge in [0, 0.05) is 5.54 Å². The molecule has 0 aromatic heterocycles. The second-order valence-corrected chi connectivity index (χ2v) is 10.1. The first-order valence-electron chi connectivity index (χ1n) is 9.65. The SMILES string of the molecule is COc1ccc(C)cc1N(CC(=O)Nc1ccccc1C(=O)NC(C)(C)C)S(C)(=O)=O. The minimum absolute atomic E-state index is 0.263. The quantitative estimate of drug-likeness (QED) is 0.679. The van der Waals surface area contributed by atoms with Gasteiger partial charge in [-0.25, -0.2) is 8.42 Å². The molecule has 0 fully saturated rings. The van der Waals surface area contributed by atoms with E-state index in [9.17, 15) is 18.0 Å². The normalized spacial score (nSPS) is 11.5. The Morgan fingerprint density at radius 3 is 2.32 bits per heavy atom. The third-order valence-electron chi connectivity index (χ3n) is 4.22. The van der Waals surface area contributed by atoms with E-state index in [2.05, 4.69) is 10.6 Å². The van der Waals surface area contributed by atoms with Crippen LogP contribution in [0.15, 0.2) is 42.5 Å². The van der Waals surface area contributed by atoms with E-state index >= 15 is 0 Å². The van der Waals surface area contributed by atoms with Crippen LogP contribution in [0.25, 0.3) is 0 Å². The number of anilines is 2. The van der Waals surface area contributed by atoms with Gasteiger partial charge >= 0.3 is 0 Å². The molecule has 0 radical (unpaired) electrons. The highest BCUT2D eigenvalue weighted by Gasteiger charge is 2.25. The van der Waals surface area contributed by atoms with Crippen molar-refractivity contribution in [2.45, 2.75) is 33.2 Å². The lowest BCUT2D eigenvalue weighted by Crippen LogP contribution is -2.41. The molecule has 0 saturated carbocycles. The number of rotatable bonds is 7. The van der Waals surface area contributed by atoms with Crippen LogP contribution in [0.4, 0.5) is 11.4 Å². The zero-order valence-corrected chi connectivity index (χ0v) is 19.5. The lowest BCUT2D eigenvalue weighted by atomic mass is 10.1. The molecule has 2 rings (SSSR count). The fraction of sp³-hybridized carbons (Fsp3) is 0.364. The van der Waals surface area contributed by atoms with Crippen LogP contribution < -0.4 is 19.7 Å². The molecule has 0 aliphatic carbocycles. The molecule has 0 aliphatic heterocycles. The maximum atomic E-state index is 12.8. The Hall–Kier alpha value is -3.07. The first-order chi connectivity index (χ1) is 14.3. The molecule has 0 unspecified atom stereocenters. The van der Waals surface area contributed by atoms with Gasteiger partial charge in [0.25, 0.3) is 5.91 Å². The second-order valence-electron chi connectivity index (χ2n) is 8.24. The number of nitrogens with one attached hydrogen (secondary N) is 2. The van der Waals surface area contributed by atoms with E-state index < -0.39 is 28.0 Å². The Bertz CT molecular complexity index is 1070. The number of amides is 2. The largest absolute Gasteiger partial charge is 0.495 e. The number of carbonyl (C=O) groups is 2. The van der Waals surface area contributed by atoms with Gasteiger partial charge in [-0.15, -0.1) is 0 Å². The van der Waals surface area contributed by atoms with Gasteiger partial charge in [-0.05, 0) is 57.5 Å². The molecule has 2 amide bonds. The van der Waals surface area contributed by atoms with Crippen LogP contribution in [0, 0.1) is 6.92 Å². The number of carbonyl (C=O) groups excluding carboxylic acids is 2. The van der Waals surface area contributed by atoms with E-state index in [1.54, 1.807) is 42.5 Å². The first-order valence-corrected chi connectivity index (χ1v) is 11.5. The average Bonchev–Trinajstić information content (AvgIpc) is 2.64. The molecular formula is C22H29N3O5S. The summed E-state index contributed by atoms with van der Waals surface area (Å²) in [4.78, 5) is 25.4. The summed E-state index contributed by atoms with van der Waals surface area (Å²) in [5.41, 5.74) is 1.19. The van der Waals surface area contributed by atoms with Crippen molar-refractivity contribution in [1.82, 2.24) is 5.32 Å². The van der Waals surface area contributed by atoms with Crippen LogP contribution in [-0.4, -0.2) is 45.7 Å². The monoisotopic (exact) mass is 447 g/mol. The molecule has 2 aromatic rings. The average molecular weight is 448 g/mol. The highest BCUT2D eigenvalue weighted by Crippen LogP contribution is 2.31. The molecule has 168 valence electrons. The van der Waals surface area contributed by atoms with Crippen molar-refractivity contribution < 1.29 is 22.7 Å². The van der Waals surface area contributed by atoms with Gasteiger partial charge in [0.05, 0.1) is 30.3 Å². The molecule has 8 nitrogen and oxygen atoms in total. The third-order valence-corrected chi connectivity index (χ3v) is 5.35. The number of methoxy groups -OCH3 is 1. The lowest BCUT2D eigenvalue weighted by molar-refractivity contribution is -0.114. The van der Waals surface area contributed by atoms with Crippen molar-refractivity contribution in [2.24, 2.45) is 0 Å². The molecular weight excluding hydrogens is 418 g/mol. The number of hydrogen-bond donors (Lipinski definition) is 2. The fourth-order valence-electron chi connectivity index (χ4n) is 2.89. The molecule has 0 bridgehead atoms. The van der Waals surface area contributed by atoms with Gasteiger partial charge in [0.15, 0.2) is 0 Å². The van der Waals surface area contributed by atoms with Crippen LogP contribution in [0.3, 0.4) is 0 Å². The maximum Gasteiger partial charge on any atom is 0.253 e. The Balaban J connectivity index is 2.32. The van der Waals surface area contributed by atoms with E-state index in [-0.39, 0.29) is 17.2 Å². The van der Waals surface area contributed by atoms with E-state index in [1.165, 1.54) is 7.11 Å². The molecule has 9 heteroatoms.